The Labute approximate surface area is 182 Å². The van der Waals surface area contributed by atoms with Gasteiger partial charge in [0, 0.05) is 56.1 Å². The topological polar surface area (TPSA) is 80.1 Å². The van der Waals surface area contributed by atoms with Crippen LogP contribution in [0.1, 0.15) is 30.4 Å². The third-order valence-corrected chi connectivity index (χ3v) is 5.73. The number of carbonyl (C=O) groups is 2. The molecule has 1 aliphatic rings. The molecule has 0 atom stereocenters. The maximum absolute atomic E-state index is 12.7. The molecule has 3 aromatic rings. The molecule has 7 heteroatoms. The molecule has 1 saturated heterocycles. The van der Waals surface area contributed by atoms with E-state index in [1.54, 1.807) is 17.1 Å². The van der Waals surface area contributed by atoms with E-state index in [0.29, 0.717) is 44.7 Å². The predicted molar refractivity (Wildman–Crippen MR) is 117 cm³/mol. The number of benzene rings is 1. The summed E-state index contributed by atoms with van der Waals surface area (Å²) < 4.78 is 1.70. The molecule has 7 nitrogen and oxygen atoms in total. The first-order valence-electron chi connectivity index (χ1n) is 10.7. The Morgan fingerprint density at radius 1 is 1.00 bits per heavy atom. The van der Waals surface area contributed by atoms with Crippen molar-refractivity contribution in [2.75, 3.05) is 13.1 Å². The van der Waals surface area contributed by atoms with Crippen LogP contribution < -0.4 is 5.32 Å². The number of aromatic nitrogens is 3. The Morgan fingerprint density at radius 3 is 2.55 bits per heavy atom. The highest BCUT2D eigenvalue weighted by Gasteiger charge is 2.27. The second kappa shape index (κ2) is 10.0. The zero-order valence-electron chi connectivity index (χ0n) is 17.5. The molecule has 31 heavy (non-hydrogen) atoms. The summed E-state index contributed by atoms with van der Waals surface area (Å²) in [7, 11) is 0. The van der Waals surface area contributed by atoms with Crippen LogP contribution in [0.4, 0.5) is 0 Å². The van der Waals surface area contributed by atoms with Crippen LogP contribution in [0, 0.1) is 5.92 Å². The van der Waals surface area contributed by atoms with Crippen molar-refractivity contribution in [3.63, 3.8) is 0 Å². The molecule has 0 saturated carbocycles. The van der Waals surface area contributed by atoms with Gasteiger partial charge in [0.1, 0.15) is 0 Å². The van der Waals surface area contributed by atoms with E-state index in [1.807, 2.05) is 59.6 Å². The fourth-order valence-electron chi connectivity index (χ4n) is 3.94. The second-order valence-corrected chi connectivity index (χ2v) is 7.80. The highest BCUT2D eigenvalue weighted by molar-refractivity contribution is 5.80. The highest BCUT2D eigenvalue weighted by Crippen LogP contribution is 2.19. The van der Waals surface area contributed by atoms with E-state index >= 15 is 0 Å². The van der Waals surface area contributed by atoms with E-state index in [9.17, 15) is 9.59 Å². The first-order valence-corrected chi connectivity index (χ1v) is 10.7. The summed E-state index contributed by atoms with van der Waals surface area (Å²) >= 11 is 0. The Kier molecular flexibility index (Phi) is 6.72. The number of nitrogens with one attached hydrogen (secondary N) is 1. The summed E-state index contributed by atoms with van der Waals surface area (Å²) in [4.78, 5) is 31.5. The van der Waals surface area contributed by atoms with Gasteiger partial charge in [-0.15, -0.1) is 0 Å². The van der Waals surface area contributed by atoms with Crippen molar-refractivity contribution in [2.45, 2.75) is 32.2 Å². The largest absolute Gasteiger partial charge is 0.352 e. The maximum Gasteiger partial charge on any atom is 0.223 e. The number of carbonyl (C=O) groups excluding carboxylic acids is 2. The lowest BCUT2D eigenvalue weighted by Gasteiger charge is -2.31. The second-order valence-electron chi connectivity index (χ2n) is 7.80. The van der Waals surface area contributed by atoms with Gasteiger partial charge in [-0.3, -0.25) is 9.59 Å². The maximum atomic E-state index is 12.7. The van der Waals surface area contributed by atoms with E-state index in [0.717, 1.165) is 12.0 Å². The van der Waals surface area contributed by atoms with Crippen LogP contribution in [0.25, 0.3) is 5.82 Å². The number of likely N-dealkylation sites (tertiary alicyclic amines) is 1. The van der Waals surface area contributed by atoms with Gasteiger partial charge in [-0.25, -0.2) is 9.67 Å². The van der Waals surface area contributed by atoms with Gasteiger partial charge < -0.3 is 10.2 Å². The molecular formula is C24H27N5O2. The summed E-state index contributed by atoms with van der Waals surface area (Å²) in [5.74, 6) is 0.850. The van der Waals surface area contributed by atoms with Crippen molar-refractivity contribution in [1.29, 1.82) is 0 Å². The van der Waals surface area contributed by atoms with E-state index in [1.165, 1.54) is 5.56 Å². The zero-order chi connectivity index (χ0) is 21.5. The number of piperidine rings is 1. The summed E-state index contributed by atoms with van der Waals surface area (Å²) in [6, 6.07) is 15.7. The fourth-order valence-corrected chi connectivity index (χ4v) is 3.94. The number of rotatable bonds is 7. The quantitative estimate of drug-likeness (QED) is 0.641. The van der Waals surface area contributed by atoms with Crippen LogP contribution in [0.3, 0.4) is 0 Å². The molecule has 2 aromatic heterocycles. The number of pyridine rings is 1. The number of hydrogen-bond donors (Lipinski definition) is 1. The van der Waals surface area contributed by atoms with Crippen LogP contribution in [-0.4, -0.2) is 44.6 Å². The van der Waals surface area contributed by atoms with Gasteiger partial charge in [0.15, 0.2) is 5.82 Å². The predicted octanol–water partition coefficient (Wildman–Crippen LogP) is 2.75. The molecule has 0 bridgehead atoms. The minimum absolute atomic E-state index is 0.0339. The van der Waals surface area contributed by atoms with Crippen molar-refractivity contribution in [3.8, 4) is 5.82 Å². The highest BCUT2D eigenvalue weighted by atomic mass is 16.2. The number of hydrogen-bond acceptors (Lipinski definition) is 4. The van der Waals surface area contributed by atoms with Crippen molar-refractivity contribution >= 4 is 11.8 Å². The van der Waals surface area contributed by atoms with Gasteiger partial charge in [0.05, 0.1) is 0 Å². The zero-order valence-corrected chi connectivity index (χ0v) is 17.5. The average molecular weight is 418 g/mol. The molecule has 0 aliphatic carbocycles. The molecule has 0 radical (unpaired) electrons. The van der Waals surface area contributed by atoms with Crippen molar-refractivity contribution in [2.24, 2.45) is 5.92 Å². The normalized spacial score (nSPS) is 14.4. The summed E-state index contributed by atoms with van der Waals surface area (Å²) in [6.45, 7) is 1.67. The van der Waals surface area contributed by atoms with Crippen LogP contribution in [-0.2, 0) is 22.6 Å². The third kappa shape index (κ3) is 5.36. The Morgan fingerprint density at radius 2 is 1.81 bits per heavy atom. The first kappa shape index (κ1) is 20.8. The Bertz CT molecular complexity index is 996. The Balaban J connectivity index is 1.24. The number of nitrogens with zero attached hydrogens (tertiary/aromatic N) is 4. The van der Waals surface area contributed by atoms with Crippen LogP contribution >= 0.6 is 0 Å². The van der Waals surface area contributed by atoms with Gasteiger partial charge in [0.2, 0.25) is 11.8 Å². The summed E-state index contributed by atoms with van der Waals surface area (Å²) in [5.41, 5.74) is 2.09. The SMILES string of the molecule is O=C(NCc1cccnc1-n1cccn1)C1CCN(C(=O)CCc2ccccc2)CC1. The number of aryl methyl sites for hydroxylation is 1. The van der Waals surface area contributed by atoms with Gasteiger partial charge in [0.25, 0.3) is 0 Å². The fraction of sp³-hybridized carbons (Fsp3) is 0.333. The average Bonchev–Trinajstić information content (AvgIpc) is 3.37. The first-order chi connectivity index (χ1) is 15.2. The summed E-state index contributed by atoms with van der Waals surface area (Å²) in [6.07, 6.45) is 7.91. The van der Waals surface area contributed by atoms with E-state index in [4.69, 9.17) is 0 Å². The molecule has 1 aromatic carbocycles. The molecule has 2 amide bonds. The van der Waals surface area contributed by atoms with Crippen molar-refractivity contribution in [3.05, 3.63) is 78.2 Å². The molecule has 0 unspecified atom stereocenters. The van der Waals surface area contributed by atoms with Gasteiger partial charge >= 0.3 is 0 Å². The third-order valence-electron chi connectivity index (χ3n) is 5.73. The van der Waals surface area contributed by atoms with Crippen molar-refractivity contribution < 1.29 is 9.59 Å². The van der Waals surface area contributed by atoms with E-state index in [-0.39, 0.29) is 17.7 Å². The molecule has 4 rings (SSSR count). The van der Waals surface area contributed by atoms with Gasteiger partial charge in [-0.2, -0.15) is 5.10 Å². The monoisotopic (exact) mass is 417 g/mol. The lowest BCUT2D eigenvalue weighted by molar-refractivity contribution is -0.135. The smallest absolute Gasteiger partial charge is 0.223 e. The number of amides is 2. The minimum Gasteiger partial charge on any atom is -0.352 e. The van der Waals surface area contributed by atoms with E-state index < -0.39 is 0 Å². The van der Waals surface area contributed by atoms with Crippen molar-refractivity contribution in [1.82, 2.24) is 25.0 Å². The Hall–Kier alpha value is -3.48. The van der Waals surface area contributed by atoms with Crippen LogP contribution in [0.2, 0.25) is 0 Å². The van der Waals surface area contributed by atoms with Crippen LogP contribution in [0.5, 0.6) is 0 Å². The molecule has 3 heterocycles. The molecule has 0 spiro atoms. The molecular weight excluding hydrogens is 390 g/mol. The van der Waals surface area contributed by atoms with E-state index in [2.05, 4.69) is 15.4 Å². The standard InChI is InChI=1S/C24H27N5O2/c30-22(10-9-19-6-2-1-3-7-19)28-16-11-20(12-17-28)24(31)26-18-21-8-4-13-25-23(21)29-15-5-14-27-29/h1-8,13-15,20H,9-12,16-18H2,(H,26,31). The van der Waals surface area contributed by atoms with Gasteiger partial charge in [-0.1, -0.05) is 36.4 Å². The molecule has 160 valence electrons. The molecule has 1 fully saturated rings. The lowest BCUT2D eigenvalue weighted by Crippen LogP contribution is -2.43. The summed E-state index contributed by atoms with van der Waals surface area (Å²) in [5, 5.41) is 7.27. The minimum atomic E-state index is -0.0667. The lowest BCUT2D eigenvalue weighted by atomic mass is 9.95. The van der Waals surface area contributed by atoms with Gasteiger partial charge in [-0.05, 0) is 37.0 Å². The molecule has 1 aliphatic heterocycles. The molecule has 1 N–H and O–H groups in total. The van der Waals surface area contributed by atoms with Crippen LogP contribution in [0.15, 0.2) is 67.1 Å².